The van der Waals surface area contributed by atoms with E-state index in [9.17, 15) is 9.59 Å². The van der Waals surface area contributed by atoms with E-state index in [0.717, 1.165) is 24.8 Å². The molecule has 0 radical (unpaired) electrons. The first-order valence-corrected chi connectivity index (χ1v) is 10.7. The molecule has 0 aliphatic heterocycles. The third-order valence-corrected chi connectivity index (χ3v) is 5.26. The second-order valence-corrected chi connectivity index (χ2v) is 7.46. The first kappa shape index (κ1) is 22.7. The number of hydrogen-bond donors (Lipinski definition) is 1. The fourth-order valence-corrected chi connectivity index (χ4v) is 3.30. The van der Waals surface area contributed by atoms with Crippen LogP contribution in [0.25, 0.3) is 0 Å². The molecule has 29 heavy (non-hydrogen) atoms. The minimum Gasteiger partial charge on any atom is -0.354 e. The summed E-state index contributed by atoms with van der Waals surface area (Å²) >= 11 is 0. The van der Waals surface area contributed by atoms with Crippen molar-refractivity contribution in [2.45, 2.75) is 58.9 Å². The van der Waals surface area contributed by atoms with Crippen molar-refractivity contribution in [2.75, 3.05) is 13.1 Å². The highest BCUT2D eigenvalue weighted by Gasteiger charge is 2.25. The molecule has 0 unspecified atom stereocenters. The maximum Gasteiger partial charge on any atom is 0.242 e. The molecule has 4 heteroatoms. The molecule has 4 nitrogen and oxygen atoms in total. The molecule has 0 heterocycles. The van der Waals surface area contributed by atoms with Crippen LogP contribution in [-0.4, -0.2) is 35.8 Å². The van der Waals surface area contributed by atoms with Crippen molar-refractivity contribution in [3.8, 4) is 0 Å². The number of aryl methyl sites for hydroxylation is 2. The lowest BCUT2D eigenvalue weighted by atomic mass is 10.0. The quantitative estimate of drug-likeness (QED) is 0.622. The Morgan fingerprint density at radius 2 is 1.52 bits per heavy atom. The zero-order valence-electron chi connectivity index (χ0n) is 18.0. The van der Waals surface area contributed by atoms with Gasteiger partial charge < -0.3 is 10.2 Å². The maximum atomic E-state index is 13.0. The third-order valence-electron chi connectivity index (χ3n) is 5.26. The largest absolute Gasteiger partial charge is 0.354 e. The SMILES string of the molecule is CCCNC(=O)[C@@H](C)N(CCc1ccccc1)C(=O)CCc1ccc(CC)cc1. The molecule has 0 aliphatic rings. The molecule has 0 spiro atoms. The van der Waals surface area contributed by atoms with Gasteiger partial charge in [-0.3, -0.25) is 9.59 Å². The van der Waals surface area contributed by atoms with Crippen molar-refractivity contribution in [1.29, 1.82) is 0 Å². The molecule has 0 aliphatic carbocycles. The predicted octanol–water partition coefficient (Wildman–Crippen LogP) is 4.17. The Morgan fingerprint density at radius 1 is 0.897 bits per heavy atom. The second kappa shape index (κ2) is 12.1. The summed E-state index contributed by atoms with van der Waals surface area (Å²) in [6.45, 7) is 7.15. The van der Waals surface area contributed by atoms with E-state index in [1.54, 1.807) is 4.90 Å². The van der Waals surface area contributed by atoms with Gasteiger partial charge in [0.15, 0.2) is 0 Å². The lowest BCUT2D eigenvalue weighted by Gasteiger charge is -2.29. The van der Waals surface area contributed by atoms with Crippen molar-refractivity contribution in [1.82, 2.24) is 10.2 Å². The van der Waals surface area contributed by atoms with Crippen LogP contribution in [0.1, 0.15) is 50.3 Å². The van der Waals surface area contributed by atoms with Crippen LogP contribution >= 0.6 is 0 Å². The number of rotatable bonds is 11. The van der Waals surface area contributed by atoms with E-state index in [0.29, 0.717) is 25.9 Å². The van der Waals surface area contributed by atoms with Crippen LogP contribution in [0.15, 0.2) is 54.6 Å². The number of benzene rings is 2. The van der Waals surface area contributed by atoms with Gasteiger partial charge in [-0.05, 0) is 49.3 Å². The summed E-state index contributed by atoms with van der Waals surface area (Å²) in [7, 11) is 0. The number of carbonyl (C=O) groups excluding carboxylic acids is 2. The molecular formula is C25H34N2O2. The van der Waals surface area contributed by atoms with Crippen LogP contribution < -0.4 is 5.32 Å². The summed E-state index contributed by atoms with van der Waals surface area (Å²) in [6.07, 6.45) is 3.73. The van der Waals surface area contributed by atoms with E-state index in [4.69, 9.17) is 0 Å². The van der Waals surface area contributed by atoms with Crippen LogP contribution in [0.5, 0.6) is 0 Å². The predicted molar refractivity (Wildman–Crippen MR) is 119 cm³/mol. The average molecular weight is 395 g/mol. The number of nitrogens with one attached hydrogen (secondary N) is 1. The number of carbonyl (C=O) groups is 2. The first-order chi connectivity index (χ1) is 14.0. The van der Waals surface area contributed by atoms with E-state index in [-0.39, 0.29) is 11.8 Å². The van der Waals surface area contributed by atoms with Gasteiger partial charge in [0.05, 0.1) is 0 Å². The monoisotopic (exact) mass is 394 g/mol. The minimum absolute atomic E-state index is 0.0275. The highest BCUT2D eigenvalue weighted by molar-refractivity contribution is 5.87. The second-order valence-electron chi connectivity index (χ2n) is 7.46. The number of nitrogens with zero attached hydrogens (tertiary/aromatic N) is 1. The summed E-state index contributed by atoms with van der Waals surface area (Å²) in [5, 5.41) is 2.92. The van der Waals surface area contributed by atoms with Crippen LogP contribution in [0.2, 0.25) is 0 Å². The maximum absolute atomic E-state index is 13.0. The average Bonchev–Trinajstić information content (AvgIpc) is 2.77. The number of hydrogen-bond acceptors (Lipinski definition) is 2. The Hall–Kier alpha value is -2.62. The fourth-order valence-electron chi connectivity index (χ4n) is 3.30. The van der Waals surface area contributed by atoms with Gasteiger partial charge in [0, 0.05) is 19.5 Å². The molecule has 156 valence electrons. The zero-order valence-corrected chi connectivity index (χ0v) is 18.0. The van der Waals surface area contributed by atoms with Gasteiger partial charge in [-0.25, -0.2) is 0 Å². The summed E-state index contributed by atoms with van der Waals surface area (Å²) in [4.78, 5) is 27.3. The molecule has 1 atom stereocenters. The van der Waals surface area contributed by atoms with Gasteiger partial charge in [-0.1, -0.05) is 68.4 Å². The van der Waals surface area contributed by atoms with Gasteiger partial charge in [0.25, 0.3) is 0 Å². The normalized spacial score (nSPS) is 11.7. The van der Waals surface area contributed by atoms with Crippen molar-refractivity contribution >= 4 is 11.8 Å². The van der Waals surface area contributed by atoms with Crippen LogP contribution in [0.4, 0.5) is 0 Å². The molecule has 2 amide bonds. The van der Waals surface area contributed by atoms with Gasteiger partial charge in [0.2, 0.25) is 11.8 Å². The Morgan fingerprint density at radius 3 is 2.14 bits per heavy atom. The summed E-state index contributed by atoms with van der Waals surface area (Å²) < 4.78 is 0. The van der Waals surface area contributed by atoms with Crippen molar-refractivity contribution in [2.24, 2.45) is 0 Å². The first-order valence-electron chi connectivity index (χ1n) is 10.7. The summed E-state index contributed by atoms with van der Waals surface area (Å²) in [5.41, 5.74) is 3.62. The lowest BCUT2D eigenvalue weighted by molar-refractivity contribution is -0.139. The molecule has 0 fully saturated rings. The highest BCUT2D eigenvalue weighted by Crippen LogP contribution is 2.12. The molecule has 1 N–H and O–H groups in total. The van der Waals surface area contributed by atoms with E-state index in [1.807, 2.05) is 32.0 Å². The van der Waals surface area contributed by atoms with Crippen LogP contribution in [0, 0.1) is 0 Å². The Bertz CT molecular complexity index is 756. The van der Waals surface area contributed by atoms with E-state index >= 15 is 0 Å². The molecular weight excluding hydrogens is 360 g/mol. The smallest absolute Gasteiger partial charge is 0.242 e. The topological polar surface area (TPSA) is 49.4 Å². The lowest BCUT2D eigenvalue weighted by Crippen LogP contribution is -2.49. The third kappa shape index (κ3) is 7.37. The standard InChI is InChI=1S/C25H34N2O2/c1-4-18-26-25(29)20(3)27(19-17-22-9-7-6-8-10-22)24(28)16-15-23-13-11-21(5-2)12-14-23/h6-14,20H,4-5,15-19H2,1-3H3,(H,26,29)/t20-/m1/s1. The van der Waals surface area contributed by atoms with Gasteiger partial charge >= 0.3 is 0 Å². The molecule has 0 bridgehead atoms. The molecule has 2 aromatic carbocycles. The molecule has 2 aromatic rings. The van der Waals surface area contributed by atoms with Crippen LogP contribution in [0.3, 0.4) is 0 Å². The van der Waals surface area contributed by atoms with Gasteiger partial charge in [0.1, 0.15) is 6.04 Å². The van der Waals surface area contributed by atoms with Gasteiger partial charge in [-0.15, -0.1) is 0 Å². The van der Waals surface area contributed by atoms with Crippen molar-refractivity contribution in [3.05, 3.63) is 71.3 Å². The highest BCUT2D eigenvalue weighted by atomic mass is 16.2. The number of amides is 2. The summed E-state index contributed by atoms with van der Waals surface area (Å²) in [6, 6.07) is 18.0. The van der Waals surface area contributed by atoms with Crippen molar-refractivity contribution < 1.29 is 9.59 Å². The van der Waals surface area contributed by atoms with E-state index in [2.05, 4.69) is 48.6 Å². The molecule has 0 saturated carbocycles. The fraction of sp³-hybridized carbons (Fsp3) is 0.440. The zero-order chi connectivity index (χ0) is 21.1. The van der Waals surface area contributed by atoms with Crippen LogP contribution in [-0.2, 0) is 28.9 Å². The molecule has 2 rings (SSSR count). The minimum atomic E-state index is -0.472. The Balaban J connectivity index is 2.02. The van der Waals surface area contributed by atoms with Crippen molar-refractivity contribution in [3.63, 3.8) is 0 Å². The molecule has 0 aromatic heterocycles. The Labute approximate surface area is 175 Å². The Kier molecular flexibility index (Phi) is 9.42. The summed E-state index contributed by atoms with van der Waals surface area (Å²) in [5.74, 6) is -0.0554. The van der Waals surface area contributed by atoms with Gasteiger partial charge in [-0.2, -0.15) is 0 Å². The van der Waals surface area contributed by atoms with E-state index in [1.165, 1.54) is 11.1 Å². The molecule has 0 saturated heterocycles. The van der Waals surface area contributed by atoms with E-state index < -0.39 is 6.04 Å².